The van der Waals surface area contributed by atoms with Gasteiger partial charge in [-0.25, -0.2) is 4.79 Å². The van der Waals surface area contributed by atoms with Crippen LogP contribution in [0.2, 0.25) is 0 Å². The summed E-state index contributed by atoms with van der Waals surface area (Å²) >= 11 is 0. The molecule has 0 aromatic heterocycles. The fourth-order valence-corrected chi connectivity index (χ4v) is 1.97. The van der Waals surface area contributed by atoms with E-state index in [-0.39, 0.29) is 11.3 Å². The fraction of sp³-hybridized carbons (Fsp3) is 0.667. The molecule has 1 saturated heterocycles. The van der Waals surface area contributed by atoms with E-state index < -0.39 is 41.3 Å². The second-order valence-corrected chi connectivity index (χ2v) is 4.34. The first-order valence-corrected chi connectivity index (χ1v) is 4.80. The van der Waals surface area contributed by atoms with Gasteiger partial charge in [0.25, 0.3) is 0 Å². The lowest BCUT2D eigenvalue weighted by atomic mass is 9.99. The second-order valence-electron chi connectivity index (χ2n) is 4.34. The van der Waals surface area contributed by atoms with Crippen LogP contribution in [0.4, 0.5) is 13.2 Å². The first kappa shape index (κ1) is 11.9. The molecule has 0 spiro atoms. The lowest BCUT2D eigenvalue weighted by Gasteiger charge is -2.35. The van der Waals surface area contributed by atoms with Gasteiger partial charge < -0.3 is 5.11 Å². The molecule has 2 amide bonds. The first-order chi connectivity index (χ1) is 7.62. The Labute approximate surface area is 93.2 Å². The molecule has 3 unspecified atom stereocenters. The molecule has 0 bridgehead atoms. The summed E-state index contributed by atoms with van der Waals surface area (Å²) in [6.45, 7) is 0.329. The Morgan fingerprint density at radius 3 is 2.00 bits per heavy atom. The van der Waals surface area contributed by atoms with Gasteiger partial charge >= 0.3 is 12.1 Å². The van der Waals surface area contributed by atoms with Gasteiger partial charge in [-0.2, -0.15) is 13.2 Å². The minimum Gasteiger partial charge on any atom is -0.479 e. The lowest BCUT2D eigenvalue weighted by Crippen LogP contribution is -2.64. The molecular formula is C9H8F3NO4. The minimum atomic E-state index is -5.21. The highest BCUT2D eigenvalue weighted by Crippen LogP contribution is 2.51. The number of hydrogen-bond acceptors (Lipinski definition) is 3. The number of alkyl halides is 3. The summed E-state index contributed by atoms with van der Waals surface area (Å²) < 4.78 is 38.3. The minimum absolute atomic E-state index is 0.145. The number of amides is 2. The van der Waals surface area contributed by atoms with Crippen molar-refractivity contribution in [2.45, 2.75) is 25.1 Å². The highest BCUT2D eigenvalue weighted by Gasteiger charge is 2.71. The Bertz CT molecular complexity index is 412. The van der Waals surface area contributed by atoms with Crippen molar-refractivity contribution < 1.29 is 32.7 Å². The Kier molecular flexibility index (Phi) is 2.09. The Balaban J connectivity index is 2.46. The lowest BCUT2D eigenvalue weighted by molar-refractivity contribution is -0.231. The zero-order valence-electron chi connectivity index (χ0n) is 8.61. The summed E-state index contributed by atoms with van der Waals surface area (Å²) in [5.74, 6) is -5.86. The van der Waals surface area contributed by atoms with Gasteiger partial charge in [0.05, 0.1) is 11.8 Å². The number of fused-ring (bicyclic) bond motifs is 1. The molecule has 17 heavy (non-hydrogen) atoms. The monoisotopic (exact) mass is 251 g/mol. The Morgan fingerprint density at radius 2 is 1.71 bits per heavy atom. The summed E-state index contributed by atoms with van der Waals surface area (Å²) in [6, 6.07) is 0. The number of piperidine rings is 1. The van der Waals surface area contributed by atoms with Crippen LogP contribution in [0.5, 0.6) is 0 Å². The quantitative estimate of drug-likeness (QED) is 0.721. The number of rotatable bonds is 2. The van der Waals surface area contributed by atoms with Gasteiger partial charge in [0.1, 0.15) is 0 Å². The normalized spacial score (nSPS) is 31.2. The molecule has 0 aromatic rings. The molecule has 1 saturated carbocycles. The van der Waals surface area contributed by atoms with E-state index in [4.69, 9.17) is 5.11 Å². The van der Waals surface area contributed by atoms with Crippen molar-refractivity contribution in [2.75, 3.05) is 0 Å². The van der Waals surface area contributed by atoms with Gasteiger partial charge in [-0.05, 0) is 13.3 Å². The van der Waals surface area contributed by atoms with Crippen molar-refractivity contribution in [2.24, 2.45) is 11.8 Å². The fourth-order valence-electron chi connectivity index (χ4n) is 1.97. The molecule has 94 valence electrons. The predicted molar refractivity (Wildman–Crippen MR) is 45.5 cm³/mol. The van der Waals surface area contributed by atoms with E-state index in [1.807, 2.05) is 0 Å². The molecule has 0 aromatic carbocycles. The molecule has 8 heteroatoms. The van der Waals surface area contributed by atoms with Gasteiger partial charge in [-0.15, -0.1) is 0 Å². The molecule has 0 radical (unpaired) electrons. The van der Waals surface area contributed by atoms with Crippen LogP contribution in [0.3, 0.4) is 0 Å². The molecule has 1 aliphatic carbocycles. The van der Waals surface area contributed by atoms with Crippen molar-refractivity contribution in [3.05, 3.63) is 0 Å². The summed E-state index contributed by atoms with van der Waals surface area (Å²) in [4.78, 5) is 33.7. The van der Waals surface area contributed by atoms with Crippen LogP contribution in [0, 0.1) is 11.8 Å². The van der Waals surface area contributed by atoms with E-state index in [9.17, 15) is 27.6 Å². The standard InChI is InChI=1S/C9H8F3NO4/c1-8(7(16)17,9(10,11)12)13-5(14)3-2-4(3)6(13)15/h3-4H,2H2,1H3,(H,16,17). The molecule has 5 nitrogen and oxygen atoms in total. The maximum Gasteiger partial charge on any atom is 0.422 e. The van der Waals surface area contributed by atoms with Crippen LogP contribution < -0.4 is 0 Å². The smallest absolute Gasteiger partial charge is 0.422 e. The van der Waals surface area contributed by atoms with E-state index in [2.05, 4.69) is 0 Å². The number of carboxylic acid groups (broad SMARTS) is 1. The van der Waals surface area contributed by atoms with Gasteiger partial charge in [0.15, 0.2) is 0 Å². The summed E-state index contributed by atoms with van der Waals surface area (Å²) in [5.41, 5.74) is -3.48. The van der Waals surface area contributed by atoms with Crippen LogP contribution in [0.1, 0.15) is 13.3 Å². The number of halogens is 3. The molecule has 2 rings (SSSR count). The highest BCUT2D eigenvalue weighted by atomic mass is 19.4. The van der Waals surface area contributed by atoms with Gasteiger partial charge in [0, 0.05) is 0 Å². The Hall–Kier alpha value is -1.60. The topological polar surface area (TPSA) is 74.7 Å². The van der Waals surface area contributed by atoms with Crippen LogP contribution >= 0.6 is 0 Å². The van der Waals surface area contributed by atoms with Crippen molar-refractivity contribution >= 4 is 17.8 Å². The summed E-state index contributed by atoms with van der Waals surface area (Å²) in [5, 5.41) is 8.70. The average molecular weight is 251 g/mol. The zero-order valence-corrected chi connectivity index (χ0v) is 8.61. The van der Waals surface area contributed by atoms with Gasteiger partial charge in [-0.3, -0.25) is 14.5 Å². The maximum absolute atomic E-state index is 12.8. The van der Waals surface area contributed by atoms with Crippen molar-refractivity contribution in [1.29, 1.82) is 0 Å². The number of hydrogen-bond donors (Lipinski definition) is 1. The molecule has 1 N–H and O–H groups in total. The Morgan fingerprint density at radius 1 is 1.29 bits per heavy atom. The van der Waals surface area contributed by atoms with Crippen LogP contribution in [0.15, 0.2) is 0 Å². The molecule has 2 fully saturated rings. The SMILES string of the molecule is CC(C(=O)O)(N1C(=O)C2CC2C1=O)C(F)(F)F. The number of aliphatic carboxylic acids is 1. The van der Waals surface area contributed by atoms with E-state index in [1.54, 1.807) is 0 Å². The number of nitrogens with zero attached hydrogens (tertiary/aromatic N) is 1. The van der Waals surface area contributed by atoms with Crippen LogP contribution in [-0.2, 0) is 14.4 Å². The third kappa shape index (κ3) is 1.29. The third-order valence-electron chi connectivity index (χ3n) is 3.28. The largest absolute Gasteiger partial charge is 0.479 e. The van der Waals surface area contributed by atoms with E-state index in [0.29, 0.717) is 6.92 Å². The molecule has 1 heterocycles. The molecule has 2 aliphatic rings. The van der Waals surface area contributed by atoms with Crippen LogP contribution in [0.25, 0.3) is 0 Å². The van der Waals surface area contributed by atoms with Gasteiger partial charge in [0.2, 0.25) is 17.4 Å². The summed E-state index contributed by atoms with van der Waals surface area (Å²) in [7, 11) is 0. The zero-order chi connectivity index (χ0) is 13.2. The summed E-state index contributed by atoms with van der Waals surface area (Å²) in [6.07, 6.45) is -4.98. The number of imide groups is 1. The maximum atomic E-state index is 12.8. The number of carbonyl (C=O) groups is 3. The first-order valence-electron chi connectivity index (χ1n) is 4.80. The van der Waals surface area contributed by atoms with E-state index in [0.717, 1.165) is 0 Å². The van der Waals surface area contributed by atoms with Crippen LogP contribution in [-0.4, -0.2) is 39.5 Å². The second kappa shape index (κ2) is 2.99. The van der Waals surface area contributed by atoms with Crippen molar-refractivity contribution in [1.82, 2.24) is 4.90 Å². The van der Waals surface area contributed by atoms with E-state index in [1.165, 1.54) is 0 Å². The average Bonchev–Trinajstić information content (AvgIpc) is 2.89. The number of carbonyl (C=O) groups excluding carboxylic acids is 2. The van der Waals surface area contributed by atoms with Gasteiger partial charge in [-0.1, -0.05) is 0 Å². The van der Waals surface area contributed by atoms with E-state index >= 15 is 0 Å². The number of carboxylic acids is 1. The molecule has 3 atom stereocenters. The predicted octanol–water partition coefficient (Wildman–Crippen LogP) is 0.397. The highest BCUT2D eigenvalue weighted by molar-refractivity contribution is 6.12. The third-order valence-corrected chi connectivity index (χ3v) is 3.28. The molecular weight excluding hydrogens is 243 g/mol. The van der Waals surface area contributed by atoms with Crippen molar-refractivity contribution in [3.63, 3.8) is 0 Å². The van der Waals surface area contributed by atoms with Crippen molar-refractivity contribution in [3.8, 4) is 0 Å². The molecule has 1 aliphatic heterocycles. The number of likely N-dealkylation sites (tertiary alicyclic amines) is 1.